The van der Waals surface area contributed by atoms with Gasteiger partial charge in [0.15, 0.2) is 0 Å². The Morgan fingerprint density at radius 2 is 2.00 bits per heavy atom. The number of ether oxygens (including phenoxy) is 2. The van der Waals surface area contributed by atoms with Gasteiger partial charge in [0.25, 0.3) is 0 Å². The highest BCUT2D eigenvalue weighted by atomic mass is 16.6. The van der Waals surface area contributed by atoms with E-state index >= 15 is 0 Å². The quantitative estimate of drug-likeness (QED) is 0.818. The highest BCUT2D eigenvalue weighted by Gasteiger charge is 2.23. The van der Waals surface area contributed by atoms with Gasteiger partial charge in [-0.3, -0.25) is 10.3 Å². The number of aromatic nitrogens is 1. The Hall–Kier alpha value is -2.35. The summed E-state index contributed by atoms with van der Waals surface area (Å²) in [6, 6.07) is 2.05. The molecule has 2 N–H and O–H groups in total. The van der Waals surface area contributed by atoms with Crippen LogP contribution in [0.3, 0.4) is 0 Å². The third-order valence-corrected chi connectivity index (χ3v) is 4.14. The summed E-state index contributed by atoms with van der Waals surface area (Å²) in [5, 5.41) is 6.26. The minimum absolute atomic E-state index is 0.243. The second kappa shape index (κ2) is 9.55. The molecule has 1 aromatic heterocycles. The fourth-order valence-corrected chi connectivity index (χ4v) is 2.84. The van der Waals surface area contributed by atoms with Gasteiger partial charge in [-0.15, -0.1) is 0 Å². The third kappa shape index (κ3) is 7.05. The van der Waals surface area contributed by atoms with E-state index in [1.807, 2.05) is 27.7 Å². The van der Waals surface area contributed by atoms with Crippen LogP contribution in [0.5, 0.6) is 0 Å². The van der Waals surface area contributed by atoms with Crippen molar-refractivity contribution < 1.29 is 19.1 Å². The van der Waals surface area contributed by atoms with Gasteiger partial charge in [-0.25, -0.2) is 9.59 Å². The molecule has 2 amide bonds. The summed E-state index contributed by atoms with van der Waals surface area (Å²) in [6.45, 7) is 9.59. The first-order valence-corrected chi connectivity index (χ1v) is 9.36. The Balaban J connectivity index is 1.85. The van der Waals surface area contributed by atoms with Crippen molar-refractivity contribution in [1.82, 2.24) is 15.2 Å². The van der Waals surface area contributed by atoms with E-state index in [9.17, 15) is 9.59 Å². The fourth-order valence-electron chi connectivity index (χ4n) is 2.84. The van der Waals surface area contributed by atoms with Crippen molar-refractivity contribution in [3.8, 4) is 0 Å². The van der Waals surface area contributed by atoms with Crippen LogP contribution >= 0.6 is 0 Å². The minimum atomic E-state index is -0.553. The number of hydrogen-bond acceptors (Lipinski definition) is 6. The molecule has 0 atom stereocenters. The lowest BCUT2D eigenvalue weighted by Gasteiger charge is -2.31. The van der Waals surface area contributed by atoms with Gasteiger partial charge >= 0.3 is 12.2 Å². The molecule has 0 spiro atoms. The molecule has 2 rings (SSSR count). The summed E-state index contributed by atoms with van der Waals surface area (Å²) in [4.78, 5) is 29.7. The standard InChI is InChI=1S/C19H30N4O4/c1-5-26-18(25)23-10-7-15(8-11-23)21-13-14-12-20-9-6-16(14)22-17(24)27-19(2,3)4/h6,9,12,15,21H,5,7-8,10-11,13H2,1-4H3,(H,20,22,24). The van der Waals surface area contributed by atoms with Crippen LogP contribution in [0.4, 0.5) is 15.3 Å². The Morgan fingerprint density at radius 3 is 2.63 bits per heavy atom. The maximum absolute atomic E-state index is 12.0. The molecule has 0 aromatic carbocycles. The average Bonchev–Trinajstić information content (AvgIpc) is 2.60. The van der Waals surface area contributed by atoms with E-state index in [-0.39, 0.29) is 6.09 Å². The molecule has 1 fully saturated rings. The van der Waals surface area contributed by atoms with Crippen LogP contribution in [-0.4, -0.2) is 53.4 Å². The maximum Gasteiger partial charge on any atom is 0.412 e. The van der Waals surface area contributed by atoms with Crippen molar-refractivity contribution in [3.63, 3.8) is 0 Å². The summed E-state index contributed by atoms with van der Waals surface area (Å²) >= 11 is 0. The average molecular weight is 378 g/mol. The number of carbonyl (C=O) groups excluding carboxylic acids is 2. The third-order valence-electron chi connectivity index (χ3n) is 4.14. The fraction of sp³-hybridized carbons (Fsp3) is 0.632. The normalized spacial score (nSPS) is 15.3. The number of likely N-dealkylation sites (tertiary alicyclic amines) is 1. The lowest BCUT2D eigenvalue weighted by Crippen LogP contribution is -2.45. The molecule has 1 aliphatic rings. The molecule has 1 aliphatic heterocycles. The summed E-state index contributed by atoms with van der Waals surface area (Å²) in [6.07, 6.45) is 4.34. The van der Waals surface area contributed by atoms with Crippen molar-refractivity contribution in [2.24, 2.45) is 0 Å². The van der Waals surface area contributed by atoms with Gasteiger partial charge in [0, 0.05) is 43.6 Å². The van der Waals surface area contributed by atoms with Gasteiger partial charge in [0.2, 0.25) is 0 Å². The van der Waals surface area contributed by atoms with Crippen molar-refractivity contribution in [2.45, 2.75) is 58.7 Å². The number of nitrogens with zero attached hydrogens (tertiary/aromatic N) is 2. The van der Waals surface area contributed by atoms with Gasteiger partial charge in [-0.2, -0.15) is 0 Å². The Bertz CT molecular complexity index is 637. The predicted octanol–water partition coefficient (Wildman–Crippen LogP) is 3.14. The van der Waals surface area contributed by atoms with E-state index in [2.05, 4.69) is 15.6 Å². The Morgan fingerprint density at radius 1 is 1.30 bits per heavy atom. The molecule has 0 bridgehead atoms. The van der Waals surface area contributed by atoms with Gasteiger partial charge < -0.3 is 19.7 Å². The topological polar surface area (TPSA) is 92.8 Å². The zero-order valence-corrected chi connectivity index (χ0v) is 16.6. The van der Waals surface area contributed by atoms with Gasteiger partial charge in [-0.05, 0) is 46.6 Å². The monoisotopic (exact) mass is 378 g/mol. The number of pyridine rings is 1. The van der Waals surface area contributed by atoms with E-state index in [1.165, 1.54) is 0 Å². The molecule has 2 heterocycles. The maximum atomic E-state index is 12.0. The van der Waals surface area contributed by atoms with Crippen molar-refractivity contribution in [1.29, 1.82) is 0 Å². The van der Waals surface area contributed by atoms with Crippen molar-refractivity contribution >= 4 is 17.9 Å². The number of piperidine rings is 1. The van der Waals surface area contributed by atoms with E-state index in [1.54, 1.807) is 23.4 Å². The number of carbonyl (C=O) groups is 2. The molecule has 0 aliphatic carbocycles. The largest absolute Gasteiger partial charge is 0.450 e. The predicted molar refractivity (Wildman–Crippen MR) is 103 cm³/mol. The van der Waals surface area contributed by atoms with E-state index in [0.29, 0.717) is 38.0 Å². The molecule has 1 aromatic rings. The SMILES string of the molecule is CCOC(=O)N1CCC(NCc2cnccc2NC(=O)OC(C)(C)C)CC1. The van der Waals surface area contributed by atoms with Gasteiger partial charge in [-0.1, -0.05) is 0 Å². The molecule has 0 unspecified atom stereocenters. The van der Waals surface area contributed by atoms with Crippen molar-refractivity contribution in [3.05, 3.63) is 24.0 Å². The zero-order valence-electron chi connectivity index (χ0n) is 16.6. The molecular weight excluding hydrogens is 348 g/mol. The first kappa shape index (κ1) is 21.0. The number of nitrogens with one attached hydrogen (secondary N) is 2. The van der Waals surface area contributed by atoms with Gasteiger partial charge in [0.05, 0.1) is 12.3 Å². The highest BCUT2D eigenvalue weighted by molar-refractivity contribution is 5.85. The minimum Gasteiger partial charge on any atom is -0.450 e. The zero-order chi connectivity index (χ0) is 19.9. The molecule has 0 radical (unpaired) electrons. The number of hydrogen-bond donors (Lipinski definition) is 2. The molecule has 150 valence electrons. The summed E-state index contributed by atoms with van der Waals surface area (Å²) in [5.41, 5.74) is 1.01. The number of rotatable bonds is 5. The second-order valence-electron chi connectivity index (χ2n) is 7.50. The van der Waals surface area contributed by atoms with Crippen LogP contribution in [-0.2, 0) is 16.0 Å². The highest BCUT2D eigenvalue weighted by Crippen LogP contribution is 2.17. The summed E-state index contributed by atoms with van der Waals surface area (Å²) < 4.78 is 10.3. The molecule has 8 nitrogen and oxygen atoms in total. The molecule has 0 saturated carbocycles. The molecule has 1 saturated heterocycles. The lowest BCUT2D eigenvalue weighted by molar-refractivity contribution is 0.0635. The van der Waals surface area contributed by atoms with Crippen molar-refractivity contribution in [2.75, 3.05) is 25.0 Å². The van der Waals surface area contributed by atoms with Crippen LogP contribution in [0.2, 0.25) is 0 Å². The summed E-state index contributed by atoms with van der Waals surface area (Å²) in [5.74, 6) is 0. The van der Waals surface area contributed by atoms with E-state index < -0.39 is 11.7 Å². The Labute approximate surface area is 160 Å². The summed E-state index contributed by atoms with van der Waals surface area (Å²) in [7, 11) is 0. The Kier molecular flexibility index (Phi) is 7.41. The van der Waals surface area contributed by atoms with Crippen LogP contribution < -0.4 is 10.6 Å². The van der Waals surface area contributed by atoms with Crippen LogP contribution in [0.25, 0.3) is 0 Å². The molecular formula is C19H30N4O4. The first-order chi connectivity index (χ1) is 12.8. The molecule has 27 heavy (non-hydrogen) atoms. The van der Waals surface area contributed by atoms with Gasteiger partial charge in [0.1, 0.15) is 5.60 Å². The van der Waals surface area contributed by atoms with Crippen LogP contribution in [0.1, 0.15) is 46.1 Å². The lowest BCUT2D eigenvalue weighted by atomic mass is 10.0. The number of amides is 2. The van der Waals surface area contributed by atoms with Crippen LogP contribution in [0, 0.1) is 0 Å². The molecule has 8 heteroatoms. The second-order valence-corrected chi connectivity index (χ2v) is 7.50. The first-order valence-electron chi connectivity index (χ1n) is 9.36. The number of anilines is 1. The smallest absolute Gasteiger partial charge is 0.412 e. The van der Waals surface area contributed by atoms with E-state index in [4.69, 9.17) is 9.47 Å². The van der Waals surface area contributed by atoms with Crippen LogP contribution in [0.15, 0.2) is 18.5 Å². The van der Waals surface area contributed by atoms with E-state index in [0.717, 1.165) is 18.4 Å².